The number of halogens is 1. The van der Waals surface area contributed by atoms with E-state index in [1.807, 2.05) is 13.8 Å². The van der Waals surface area contributed by atoms with Crippen molar-refractivity contribution in [3.63, 3.8) is 0 Å². The van der Waals surface area contributed by atoms with Gasteiger partial charge < -0.3 is 10.1 Å². The van der Waals surface area contributed by atoms with E-state index in [0.717, 1.165) is 11.1 Å². The van der Waals surface area contributed by atoms with Crippen LogP contribution in [0.25, 0.3) is 16.7 Å². The Bertz CT molecular complexity index is 931. The fraction of sp³-hybridized carbons (Fsp3) is 0.353. The highest BCUT2D eigenvalue weighted by molar-refractivity contribution is 6.01. The highest BCUT2D eigenvalue weighted by atomic mass is 19.1. The van der Waals surface area contributed by atoms with Gasteiger partial charge in [-0.15, -0.1) is 0 Å². The third-order valence-corrected chi connectivity index (χ3v) is 4.59. The summed E-state index contributed by atoms with van der Waals surface area (Å²) in [4.78, 5) is 12.5. The highest BCUT2D eigenvalue weighted by Crippen LogP contribution is 2.28. The van der Waals surface area contributed by atoms with E-state index >= 15 is 0 Å². The molecule has 1 fully saturated rings. The summed E-state index contributed by atoms with van der Waals surface area (Å²) in [5.41, 5.74) is 2.00. The molecule has 0 bridgehead atoms. The Morgan fingerprint density at radius 2 is 2.16 bits per heavy atom. The lowest BCUT2D eigenvalue weighted by Crippen LogP contribution is -2.28. The van der Waals surface area contributed by atoms with Crippen molar-refractivity contribution >= 4 is 22.8 Å². The molecule has 1 aliphatic heterocycles. The Labute approximate surface area is 143 Å². The van der Waals surface area contributed by atoms with Gasteiger partial charge in [-0.1, -0.05) is 0 Å². The van der Waals surface area contributed by atoms with Crippen LogP contribution in [0, 0.1) is 18.7 Å². The molecule has 0 aliphatic carbocycles. The van der Waals surface area contributed by atoms with Crippen LogP contribution in [0.1, 0.15) is 19.0 Å². The van der Waals surface area contributed by atoms with E-state index in [4.69, 9.17) is 4.74 Å². The number of rotatable bonds is 3. The fourth-order valence-corrected chi connectivity index (χ4v) is 3.22. The Kier molecular flexibility index (Phi) is 3.76. The lowest BCUT2D eigenvalue weighted by molar-refractivity contribution is -0.121. The molecule has 7 nitrogen and oxygen atoms in total. The van der Waals surface area contributed by atoms with Gasteiger partial charge in [-0.2, -0.15) is 10.2 Å². The highest BCUT2D eigenvalue weighted by Gasteiger charge is 2.31. The predicted molar refractivity (Wildman–Crippen MR) is 90.1 cm³/mol. The number of nitrogens with zero attached hydrogens (tertiary/aromatic N) is 3. The Morgan fingerprint density at radius 1 is 1.40 bits per heavy atom. The van der Waals surface area contributed by atoms with Gasteiger partial charge in [-0.05, 0) is 44.5 Å². The molecular formula is C17H18FN5O2. The van der Waals surface area contributed by atoms with Gasteiger partial charge in [0.1, 0.15) is 11.6 Å². The van der Waals surface area contributed by atoms with Gasteiger partial charge in [0.2, 0.25) is 5.91 Å². The van der Waals surface area contributed by atoms with E-state index in [1.54, 1.807) is 16.8 Å². The maximum atomic E-state index is 13.1. The van der Waals surface area contributed by atoms with Crippen molar-refractivity contribution in [2.24, 2.45) is 5.92 Å². The van der Waals surface area contributed by atoms with Crippen LogP contribution in [-0.2, 0) is 9.53 Å². The van der Waals surface area contributed by atoms with Crippen molar-refractivity contribution in [2.45, 2.75) is 26.4 Å². The summed E-state index contributed by atoms with van der Waals surface area (Å²) >= 11 is 0. The van der Waals surface area contributed by atoms with E-state index in [0.29, 0.717) is 30.2 Å². The van der Waals surface area contributed by atoms with Crippen molar-refractivity contribution in [1.82, 2.24) is 20.0 Å². The first-order valence-electron chi connectivity index (χ1n) is 8.16. The van der Waals surface area contributed by atoms with Gasteiger partial charge >= 0.3 is 0 Å². The summed E-state index contributed by atoms with van der Waals surface area (Å²) in [5, 5.41) is 15.2. The summed E-state index contributed by atoms with van der Waals surface area (Å²) in [6.07, 6.45) is 0.611. The first-order chi connectivity index (χ1) is 12.0. The molecule has 3 heterocycles. The zero-order valence-electron chi connectivity index (χ0n) is 13.9. The van der Waals surface area contributed by atoms with Crippen LogP contribution >= 0.6 is 0 Å². The number of benzene rings is 1. The van der Waals surface area contributed by atoms with Crippen LogP contribution in [0.15, 0.2) is 24.3 Å². The number of ether oxygens (including phenoxy) is 1. The summed E-state index contributed by atoms with van der Waals surface area (Å²) in [5.74, 6) is -0.0630. The summed E-state index contributed by atoms with van der Waals surface area (Å²) in [6.45, 7) is 4.34. The summed E-state index contributed by atoms with van der Waals surface area (Å²) < 4.78 is 20.2. The molecule has 130 valence electrons. The average molecular weight is 343 g/mol. The molecule has 8 heteroatoms. The topological polar surface area (TPSA) is 84.8 Å². The van der Waals surface area contributed by atoms with Crippen molar-refractivity contribution in [2.75, 3.05) is 11.9 Å². The van der Waals surface area contributed by atoms with Crippen molar-refractivity contribution in [3.05, 3.63) is 35.8 Å². The predicted octanol–water partition coefficient (Wildman–Crippen LogP) is 2.56. The Hall–Kier alpha value is -2.74. The van der Waals surface area contributed by atoms with Crippen molar-refractivity contribution in [1.29, 1.82) is 0 Å². The molecule has 0 unspecified atom stereocenters. The van der Waals surface area contributed by atoms with Crippen LogP contribution in [0.2, 0.25) is 0 Å². The molecule has 0 spiro atoms. The molecular weight excluding hydrogens is 325 g/mol. The zero-order valence-corrected chi connectivity index (χ0v) is 13.9. The number of carbonyl (C=O) groups is 1. The number of amides is 1. The molecule has 2 atom stereocenters. The summed E-state index contributed by atoms with van der Waals surface area (Å²) in [7, 11) is 0. The standard InChI is InChI=1S/C17H18FN5O2/c1-9-14-15(19-17(24)13-7-8-25-10(13)2)20-21-16(14)23(22-9)12-5-3-11(18)4-6-12/h3-6,10,13H,7-8H2,1-2H3,(H2,19,20,21,24)/t10-,13-/m1/s1. The maximum Gasteiger partial charge on any atom is 0.231 e. The fourth-order valence-electron chi connectivity index (χ4n) is 3.22. The first-order valence-corrected chi connectivity index (χ1v) is 8.16. The molecule has 3 aromatic rings. The molecule has 0 saturated carbocycles. The van der Waals surface area contributed by atoms with Crippen LogP contribution in [-0.4, -0.2) is 38.6 Å². The lowest BCUT2D eigenvalue weighted by Gasteiger charge is -2.13. The van der Waals surface area contributed by atoms with E-state index in [2.05, 4.69) is 20.6 Å². The van der Waals surface area contributed by atoms with Crippen LogP contribution < -0.4 is 5.32 Å². The van der Waals surface area contributed by atoms with Gasteiger partial charge in [-0.3, -0.25) is 9.89 Å². The third kappa shape index (κ3) is 2.68. The monoisotopic (exact) mass is 343 g/mol. The number of fused-ring (bicyclic) bond motifs is 1. The minimum absolute atomic E-state index is 0.0931. The average Bonchev–Trinajstić information content (AvgIpc) is 3.27. The number of aromatic amines is 1. The molecule has 1 saturated heterocycles. The minimum atomic E-state index is -0.313. The SMILES string of the molecule is Cc1nn(-c2ccc(F)cc2)c2n[nH]c(NC(=O)[C@@H]3CCO[C@@H]3C)c12. The lowest BCUT2D eigenvalue weighted by atomic mass is 10.0. The van der Waals surface area contributed by atoms with Crippen molar-refractivity contribution < 1.29 is 13.9 Å². The smallest absolute Gasteiger partial charge is 0.231 e. The van der Waals surface area contributed by atoms with Crippen LogP contribution in [0.5, 0.6) is 0 Å². The molecule has 25 heavy (non-hydrogen) atoms. The summed E-state index contributed by atoms with van der Waals surface area (Å²) in [6, 6.07) is 6.00. The second-order valence-corrected chi connectivity index (χ2v) is 6.23. The second-order valence-electron chi connectivity index (χ2n) is 6.23. The van der Waals surface area contributed by atoms with E-state index in [1.165, 1.54) is 12.1 Å². The second kappa shape index (κ2) is 5.96. The quantitative estimate of drug-likeness (QED) is 0.765. The molecule has 0 radical (unpaired) electrons. The zero-order chi connectivity index (χ0) is 17.6. The molecule has 2 aromatic heterocycles. The maximum absolute atomic E-state index is 13.1. The first kappa shape index (κ1) is 15.8. The van der Waals surface area contributed by atoms with Gasteiger partial charge in [0.15, 0.2) is 5.65 Å². The van der Waals surface area contributed by atoms with E-state index in [-0.39, 0.29) is 23.7 Å². The van der Waals surface area contributed by atoms with E-state index < -0.39 is 0 Å². The molecule has 1 aliphatic rings. The largest absolute Gasteiger partial charge is 0.378 e. The molecule has 2 N–H and O–H groups in total. The van der Waals surface area contributed by atoms with Gasteiger partial charge in [0.05, 0.1) is 28.8 Å². The van der Waals surface area contributed by atoms with E-state index in [9.17, 15) is 9.18 Å². The van der Waals surface area contributed by atoms with Gasteiger partial charge in [0, 0.05) is 6.61 Å². The number of anilines is 1. The number of hydrogen-bond acceptors (Lipinski definition) is 4. The number of aromatic nitrogens is 4. The number of nitrogens with one attached hydrogen (secondary N) is 2. The number of H-pyrrole nitrogens is 1. The number of carbonyl (C=O) groups excluding carboxylic acids is 1. The van der Waals surface area contributed by atoms with Gasteiger partial charge in [-0.25, -0.2) is 9.07 Å². The number of hydrogen-bond donors (Lipinski definition) is 2. The minimum Gasteiger partial charge on any atom is -0.378 e. The van der Waals surface area contributed by atoms with Gasteiger partial charge in [0.25, 0.3) is 0 Å². The third-order valence-electron chi connectivity index (χ3n) is 4.59. The van der Waals surface area contributed by atoms with Crippen LogP contribution in [0.4, 0.5) is 10.2 Å². The molecule has 4 rings (SSSR count). The Balaban J connectivity index is 1.68. The number of aryl methyl sites for hydroxylation is 1. The molecule has 1 aromatic carbocycles. The van der Waals surface area contributed by atoms with Crippen LogP contribution in [0.3, 0.4) is 0 Å². The van der Waals surface area contributed by atoms with Crippen molar-refractivity contribution in [3.8, 4) is 5.69 Å². The molecule has 1 amide bonds. The Morgan fingerprint density at radius 3 is 2.84 bits per heavy atom. The normalized spacial score (nSPS) is 20.3.